The van der Waals surface area contributed by atoms with Gasteiger partial charge in [0.25, 0.3) is 0 Å². The summed E-state index contributed by atoms with van der Waals surface area (Å²) < 4.78 is 9.86. The number of carbonyl (C=O) groups excluding carboxylic acids is 3. The zero-order valence-corrected chi connectivity index (χ0v) is 12.8. The van der Waals surface area contributed by atoms with Gasteiger partial charge in [-0.05, 0) is 26.0 Å². The monoisotopic (exact) mass is 308 g/mol. The van der Waals surface area contributed by atoms with Gasteiger partial charge in [0, 0.05) is 12.6 Å². The van der Waals surface area contributed by atoms with Crippen molar-refractivity contribution >= 4 is 23.5 Å². The minimum absolute atomic E-state index is 0.0516. The summed E-state index contributed by atoms with van der Waals surface area (Å²) in [6.07, 6.45) is 0. The lowest BCUT2D eigenvalue weighted by molar-refractivity contribution is -0.166. The molecule has 0 aliphatic carbocycles. The van der Waals surface area contributed by atoms with Gasteiger partial charge in [-0.3, -0.25) is 4.79 Å². The Hall–Kier alpha value is -2.57. The molecule has 0 spiro atoms. The lowest BCUT2D eigenvalue weighted by Crippen LogP contribution is -2.66. The van der Waals surface area contributed by atoms with Crippen LogP contribution >= 0.6 is 0 Å². The van der Waals surface area contributed by atoms with E-state index >= 15 is 0 Å². The first-order valence-electron chi connectivity index (χ1n) is 6.92. The third kappa shape index (κ3) is 4.21. The van der Waals surface area contributed by atoms with Gasteiger partial charge in [0.05, 0.1) is 13.2 Å². The topological polar surface area (TPSA) is 93.7 Å². The number of ether oxygens (including phenoxy) is 2. The molecule has 0 saturated carbocycles. The molecular weight excluding hydrogens is 288 g/mol. The van der Waals surface area contributed by atoms with Crippen LogP contribution in [0.15, 0.2) is 30.3 Å². The van der Waals surface area contributed by atoms with Gasteiger partial charge in [-0.15, -0.1) is 0 Å². The number of amides is 1. The molecule has 2 N–H and O–H groups in total. The molecule has 22 heavy (non-hydrogen) atoms. The fourth-order valence-corrected chi connectivity index (χ4v) is 1.80. The highest BCUT2D eigenvalue weighted by molar-refractivity contribution is 6.09. The minimum Gasteiger partial charge on any atom is -0.462 e. The molecule has 0 aromatic heterocycles. The summed E-state index contributed by atoms with van der Waals surface area (Å²) in [5.74, 6) is -2.45. The molecule has 1 aromatic carbocycles. The molecule has 0 aliphatic rings. The van der Waals surface area contributed by atoms with Crippen LogP contribution in [-0.2, 0) is 23.9 Å². The van der Waals surface area contributed by atoms with E-state index in [4.69, 9.17) is 9.47 Å². The minimum atomic E-state index is -2.13. The van der Waals surface area contributed by atoms with Crippen LogP contribution in [0.3, 0.4) is 0 Å². The van der Waals surface area contributed by atoms with E-state index in [1.807, 2.05) is 0 Å². The van der Waals surface area contributed by atoms with Crippen molar-refractivity contribution in [3.05, 3.63) is 30.3 Å². The van der Waals surface area contributed by atoms with Crippen molar-refractivity contribution < 1.29 is 23.9 Å². The third-order valence-corrected chi connectivity index (χ3v) is 2.63. The van der Waals surface area contributed by atoms with Crippen LogP contribution < -0.4 is 10.6 Å². The number of nitrogens with one attached hydrogen (secondary N) is 2. The summed E-state index contributed by atoms with van der Waals surface area (Å²) in [5.41, 5.74) is -1.67. The Labute approximate surface area is 129 Å². The van der Waals surface area contributed by atoms with E-state index < -0.39 is 23.5 Å². The van der Waals surface area contributed by atoms with Crippen molar-refractivity contribution in [2.75, 3.05) is 18.5 Å². The van der Waals surface area contributed by atoms with E-state index in [0.717, 1.165) is 0 Å². The highest BCUT2D eigenvalue weighted by Gasteiger charge is 2.50. The molecule has 0 unspecified atom stereocenters. The van der Waals surface area contributed by atoms with Crippen LogP contribution in [0.1, 0.15) is 20.8 Å². The van der Waals surface area contributed by atoms with Crippen molar-refractivity contribution in [2.24, 2.45) is 0 Å². The largest absolute Gasteiger partial charge is 0.462 e. The smallest absolute Gasteiger partial charge is 0.365 e. The second kappa shape index (κ2) is 8.02. The average molecular weight is 308 g/mol. The lowest BCUT2D eigenvalue weighted by Gasteiger charge is -2.31. The predicted molar refractivity (Wildman–Crippen MR) is 79.9 cm³/mol. The number of hydrogen-bond donors (Lipinski definition) is 2. The Morgan fingerprint density at radius 1 is 1.00 bits per heavy atom. The average Bonchev–Trinajstić information content (AvgIpc) is 2.47. The van der Waals surface area contributed by atoms with Crippen molar-refractivity contribution in [2.45, 2.75) is 26.4 Å². The van der Waals surface area contributed by atoms with Gasteiger partial charge in [0.1, 0.15) is 0 Å². The van der Waals surface area contributed by atoms with Gasteiger partial charge in [0.2, 0.25) is 5.91 Å². The van der Waals surface area contributed by atoms with E-state index in [1.54, 1.807) is 44.2 Å². The Bertz CT molecular complexity index is 512. The molecule has 7 nitrogen and oxygen atoms in total. The Balaban J connectivity index is 3.26. The Morgan fingerprint density at radius 2 is 1.50 bits per heavy atom. The number of esters is 2. The fraction of sp³-hybridized carbons (Fsp3) is 0.400. The second-order valence-electron chi connectivity index (χ2n) is 4.36. The quantitative estimate of drug-likeness (QED) is 0.444. The molecule has 1 rings (SSSR count). The summed E-state index contributed by atoms with van der Waals surface area (Å²) in [4.78, 5) is 36.1. The van der Waals surface area contributed by atoms with Crippen LogP contribution in [0.2, 0.25) is 0 Å². The standard InChI is InChI=1S/C15H20N2O5/c1-4-21-13(19)15(16-11(3)18,14(20)22-5-2)17-12-9-7-6-8-10-12/h6-10,17H,4-5H2,1-3H3,(H,16,18). The molecule has 7 heteroatoms. The van der Waals surface area contributed by atoms with Crippen LogP contribution in [0.4, 0.5) is 5.69 Å². The van der Waals surface area contributed by atoms with Crippen molar-refractivity contribution in [1.82, 2.24) is 5.32 Å². The number of rotatable bonds is 7. The predicted octanol–water partition coefficient (Wildman–Crippen LogP) is 1.06. The van der Waals surface area contributed by atoms with E-state index in [2.05, 4.69) is 10.6 Å². The van der Waals surface area contributed by atoms with Crippen molar-refractivity contribution in [3.8, 4) is 0 Å². The molecule has 0 aliphatic heterocycles. The summed E-state index contributed by atoms with van der Waals surface area (Å²) in [5, 5.41) is 5.02. The summed E-state index contributed by atoms with van der Waals surface area (Å²) >= 11 is 0. The Morgan fingerprint density at radius 3 is 1.91 bits per heavy atom. The first kappa shape index (κ1) is 17.5. The van der Waals surface area contributed by atoms with Gasteiger partial charge in [-0.25, -0.2) is 9.59 Å². The van der Waals surface area contributed by atoms with Crippen molar-refractivity contribution in [1.29, 1.82) is 0 Å². The Kier molecular flexibility index (Phi) is 6.37. The number of benzene rings is 1. The number of hydrogen-bond acceptors (Lipinski definition) is 6. The highest BCUT2D eigenvalue weighted by atomic mass is 16.6. The maximum Gasteiger partial charge on any atom is 0.365 e. The van der Waals surface area contributed by atoms with E-state index in [1.165, 1.54) is 6.92 Å². The molecule has 1 amide bonds. The van der Waals surface area contributed by atoms with Crippen molar-refractivity contribution in [3.63, 3.8) is 0 Å². The second-order valence-corrected chi connectivity index (χ2v) is 4.36. The normalized spacial score (nSPS) is 10.5. The maximum absolute atomic E-state index is 12.3. The van der Waals surface area contributed by atoms with Gasteiger partial charge >= 0.3 is 17.6 Å². The maximum atomic E-state index is 12.3. The third-order valence-electron chi connectivity index (χ3n) is 2.63. The zero-order valence-electron chi connectivity index (χ0n) is 12.8. The highest BCUT2D eigenvalue weighted by Crippen LogP contribution is 2.17. The van der Waals surface area contributed by atoms with E-state index in [-0.39, 0.29) is 13.2 Å². The van der Waals surface area contributed by atoms with Gasteiger partial charge in [0.15, 0.2) is 0 Å². The first-order chi connectivity index (χ1) is 10.5. The summed E-state index contributed by atoms with van der Waals surface area (Å²) in [6, 6.07) is 8.51. The van der Waals surface area contributed by atoms with Gasteiger partial charge in [-0.1, -0.05) is 18.2 Å². The molecule has 0 heterocycles. The first-order valence-corrected chi connectivity index (χ1v) is 6.92. The number of carbonyl (C=O) groups is 3. The molecule has 0 radical (unpaired) electrons. The molecule has 0 bridgehead atoms. The molecule has 1 aromatic rings. The van der Waals surface area contributed by atoms with E-state index in [0.29, 0.717) is 5.69 Å². The molecule has 0 atom stereocenters. The van der Waals surface area contributed by atoms with Gasteiger partial charge < -0.3 is 20.1 Å². The SMILES string of the molecule is CCOC(=O)C(NC(C)=O)(Nc1ccccc1)C(=O)OCC. The summed E-state index contributed by atoms with van der Waals surface area (Å²) in [7, 11) is 0. The van der Waals surface area contributed by atoms with Crippen LogP contribution in [0, 0.1) is 0 Å². The summed E-state index contributed by atoms with van der Waals surface area (Å²) in [6.45, 7) is 4.50. The molecule has 0 fully saturated rings. The van der Waals surface area contributed by atoms with Crippen LogP contribution in [0.5, 0.6) is 0 Å². The molecular formula is C15H20N2O5. The fourth-order valence-electron chi connectivity index (χ4n) is 1.80. The number of anilines is 1. The molecule has 120 valence electrons. The van der Waals surface area contributed by atoms with Gasteiger partial charge in [-0.2, -0.15) is 0 Å². The van der Waals surface area contributed by atoms with Crippen LogP contribution in [0.25, 0.3) is 0 Å². The van der Waals surface area contributed by atoms with E-state index in [9.17, 15) is 14.4 Å². The lowest BCUT2D eigenvalue weighted by atomic mass is 10.1. The molecule has 0 saturated heterocycles. The zero-order chi connectivity index (χ0) is 16.6. The number of para-hydroxylation sites is 1. The van der Waals surface area contributed by atoms with Crippen LogP contribution in [-0.4, -0.2) is 36.7 Å².